The fourth-order valence-corrected chi connectivity index (χ4v) is 38.6. The Balaban J connectivity index is 3.60. The first-order valence-corrected chi connectivity index (χ1v) is 37.3. The second kappa shape index (κ2) is 25.9. The Morgan fingerprint density at radius 3 is 1.04 bits per heavy atom. The van der Waals surface area contributed by atoms with Crippen molar-refractivity contribution in [3.63, 3.8) is 0 Å². The van der Waals surface area contributed by atoms with Crippen LogP contribution in [0.4, 0.5) is 0 Å². The molecule has 0 aromatic carbocycles. The zero-order valence-electron chi connectivity index (χ0n) is 34.3. The van der Waals surface area contributed by atoms with E-state index in [4.69, 9.17) is 9.47 Å². The Morgan fingerprint density at radius 2 is 0.816 bits per heavy atom. The molecule has 1 saturated carbocycles. The number of unbranched alkanes of at least 4 members (excludes halogenated alkanes) is 6. The molecule has 286 valence electrons. The number of hydrogen-bond donors (Lipinski definition) is 0. The minimum atomic E-state index is -2.36. The van der Waals surface area contributed by atoms with Crippen molar-refractivity contribution in [2.24, 2.45) is 17.3 Å². The van der Waals surface area contributed by atoms with Crippen LogP contribution in [0, 0.1) is 17.3 Å². The SMILES string of the molecule is CCC[CH2][Sn]([CH2]/C=C\[C@@H]1CC(C(=O)OC(C)C)(C(=O)OC(C)C)C[C@H]1/C=C/[CH2][Sn]([CH2]CCC)([CH2]CCC)[CH2]CCC)([CH2]CCC)[CH2]CCC. The third kappa shape index (κ3) is 16.7. The second-order valence-electron chi connectivity index (χ2n) is 16.6. The minimum absolute atomic E-state index is 0.148. The van der Waals surface area contributed by atoms with Gasteiger partial charge >= 0.3 is 316 Å². The molecule has 1 fully saturated rings. The Kier molecular flexibility index (Phi) is 24.9. The number of hydrogen-bond acceptors (Lipinski definition) is 4. The van der Waals surface area contributed by atoms with Crippen LogP contribution in [0.15, 0.2) is 24.3 Å². The van der Waals surface area contributed by atoms with Gasteiger partial charge in [-0.15, -0.1) is 0 Å². The Bertz CT molecular complexity index is 836. The Morgan fingerprint density at radius 1 is 0.551 bits per heavy atom. The number of rotatable bonds is 28. The molecule has 0 aromatic heterocycles. The standard InChI is InChI=1S/C19H28O4.6C4H9.2Sn/c1-7-9-15-11-19(12-16(15)10-8-2,17(20)22-13(3)4)18(21)23-14(5)6;6*1-3-4-2;;/h7-10,13-16H,1-2,11-12H2,3-6H3;6*1,3-4H2,2H3;;/b9-7-,10-8+;;;;;;;;/t15-,16-;;;;;;;;/m1......../s1. The van der Waals surface area contributed by atoms with Gasteiger partial charge in [-0.05, 0) is 0 Å². The van der Waals surface area contributed by atoms with E-state index in [1.165, 1.54) is 113 Å². The number of allylic oxidation sites excluding steroid dienone is 4. The molecule has 0 unspecified atom stereocenters. The van der Waals surface area contributed by atoms with Gasteiger partial charge in [0.2, 0.25) is 0 Å². The third-order valence-corrected chi connectivity index (χ3v) is 41.9. The molecular weight excluding hydrogens is 818 g/mol. The van der Waals surface area contributed by atoms with Crippen molar-refractivity contribution >= 4 is 48.7 Å². The monoisotopic (exact) mass is 902 g/mol. The van der Waals surface area contributed by atoms with Crippen LogP contribution in [-0.2, 0) is 19.1 Å². The van der Waals surface area contributed by atoms with Crippen LogP contribution >= 0.6 is 0 Å². The maximum atomic E-state index is 13.9. The van der Waals surface area contributed by atoms with E-state index in [-0.39, 0.29) is 36.0 Å². The van der Waals surface area contributed by atoms with Crippen LogP contribution in [0.2, 0.25) is 35.5 Å². The molecular formula is C43H82O4Sn2. The summed E-state index contributed by atoms with van der Waals surface area (Å²) in [6, 6.07) is 0. The van der Waals surface area contributed by atoms with Crippen molar-refractivity contribution in [2.45, 2.75) is 207 Å². The van der Waals surface area contributed by atoms with Gasteiger partial charge in [-0.2, -0.15) is 0 Å². The topological polar surface area (TPSA) is 52.6 Å². The van der Waals surface area contributed by atoms with Gasteiger partial charge in [0.1, 0.15) is 0 Å². The van der Waals surface area contributed by atoms with E-state index in [2.05, 4.69) is 65.8 Å². The fourth-order valence-electron chi connectivity index (χ4n) is 8.34. The van der Waals surface area contributed by atoms with Crippen molar-refractivity contribution in [3.8, 4) is 0 Å². The molecule has 0 bridgehead atoms. The summed E-state index contributed by atoms with van der Waals surface area (Å²) in [5.41, 5.74) is -1.24. The molecule has 0 radical (unpaired) electrons. The van der Waals surface area contributed by atoms with Crippen molar-refractivity contribution in [2.75, 3.05) is 0 Å². The van der Waals surface area contributed by atoms with E-state index in [9.17, 15) is 9.59 Å². The molecule has 1 rings (SSSR count). The molecule has 0 saturated heterocycles. The van der Waals surface area contributed by atoms with E-state index in [0.29, 0.717) is 12.8 Å². The van der Waals surface area contributed by atoms with Crippen molar-refractivity contribution in [1.29, 1.82) is 0 Å². The molecule has 0 aromatic rings. The van der Waals surface area contributed by atoms with Crippen molar-refractivity contribution in [1.82, 2.24) is 0 Å². The first-order chi connectivity index (χ1) is 23.4. The molecule has 4 nitrogen and oxygen atoms in total. The predicted octanol–water partition coefficient (Wildman–Crippen LogP) is 13.7. The van der Waals surface area contributed by atoms with Gasteiger partial charge in [-0.1, -0.05) is 0 Å². The number of carbonyl (C=O) groups excluding carboxylic acids is 2. The van der Waals surface area contributed by atoms with E-state index in [1.807, 2.05) is 27.7 Å². The summed E-state index contributed by atoms with van der Waals surface area (Å²) >= 11 is -4.72. The fraction of sp³-hybridized carbons (Fsp3) is 0.860. The molecule has 49 heavy (non-hydrogen) atoms. The Labute approximate surface area is 313 Å². The molecule has 2 atom stereocenters. The van der Waals surface area contributed by atoms with Crippen LogP contribution in [-0.4, -0.2) is 60.9 Å². The molecule has 0 heterocycles. The predicted molar refractivity (Wildman–Crippen MR) is 219 cm³/mol. The van der Waals surface area contributed by atoms with Crippen LogP contribution < -0.4 is 0 Å². The summed E-state index contributed by atoms with van der Waals surface area (Å²) in [6.07, 6.45) is 26.4. The molecule has 0 N–H and O–H groups in total. The van der Waals surface area contributed by atoms with Gasteiger partial charge in [-0.3, -0.25) is 0 Å². The van der Waals surface area contributed by atoms with E-state index in [0.717, 1.165) is 0 Å². The summed E-state index contributed by atoms with van der Waals surface area (Å²) in [5, 5.41) is 0. The maximum absolute atomic E-state index is 13.9. The van der Waals surface area contributed by atoms with Gasteiger partial charge in [0.15, 0.2) is 0 Å². The van der Waals surface area contributed by atoms with Gasteiger partial charge in [0.05, 0.1) is 0 Å². The zero-order valence-corrected chi connectivity index (χ0v) is 40.0. The Hall–Kier alpha value is 0.0174. The summed E-state index contributed by atoms with van der Waals surface area (Å²) < 4.78 is 23.3. The van der Waals surface area contributed by atoms with Crippen molar-refractivity contribution < 1.29 is 19.1 Å². The molecule has 0 amide bonds. The summed E-state index contributed by atoms with van der Waals surface area (Å²) in [5.74, 6) is -0.469. The number of carbonyl (C=O) groups is 2. The second-order valence-corrected chi connectivity index (χ2v) is 44.6. The number of ether oxygens (including phenoxy) is 2. The average Bonchev–Trinajstić information content (AvgIpc) is 3.44. The van der Waals surface area contributed by atoms with Crippen LogP contribution in [0.5, 0.6) is 0 Å². The first kappa shape index (κ1) is 47.0. The molecule has 1 aliphatic carbocycles. The van der Waals surface area contributed by atoms with E-state index < -0.39 is 42.2 Å². The van der Waals surface area contributed by atoms with Crippen LogP contribution in [0.3, 0.4) is 0 Å². The summed E-state index contributed by atoms with van der Waals surface area (Å²) in [6.45, 7) is 21.6. The molecule has 1 aliphatic rings. The summed E-state index contributed by atoms with van der Waals surface area (Å²) in [4.78, 5) is 27.8. The quantitative estimate of drug-likeness (QED) is 0.0340. The van der Waals surface area contributed by atoms with Gasteiger partial charge in [0.25, 0.3) is 0 Å². The molecule has 0 aliphatic heterocycles. The van der Waals surface area contributed by atoms with Gasteiger partial charge in [0, 0.05) is 0 Å². The normalized spacial score (nSPS) is 18.4. The zero-order chi connectivity index (χ0) is 36.8. The first-order valence-electron chi connectivity index (χ1n) is 21.2. The summed E-state index contributed by atoms with van der Waals surface area (Å²) in [7, 11) is 0. The molecule has 0 spiro atoms. The van der Waals surface area contributed by atoms with E-state index in [1.54, 1.807) is 0 Å². The van der Waals surface area contributed by atoms with Crippen molar-refractivity contribution in [3.05, 3.63) is 24.3 Å². The average molecular weight is 901 g/mol. The molecule has 6 heteroatoms. The number of esters is 2. The van der Waals surface area contributed by atoms with E-state index >= 15 is 0 Å². The third-order valence-electron chi connectivity index (χ3n) is 11.4. The van der Waals surface area contributed by atoms with Crippen LogP contribution in [0.1, 0.15) is 159 Å². The van der Waals surface area contributed by atoms with Crippen LogP contribution in [0.25, 0.3) is 0 Å². The van der Waals surface area contributed by atoms with Gasteiger partial charge < -0.3 is 0 Å². The van der Waals surface area contributed by atoms with Gasteiger partial charge in [-0.25, -0.2) is 0 Å².